The van der Waals surface area contributed by atoms with Crippen LogP contribution in [0.1, 0.15) is 24.8 Å². The summed E-state index contributed by atoms with van der Waals surface area (Å²) in [5.74, 6) is 0.694. The Bertz CT molecular complexity index is 1120. The highest BCUT2D eigenvalue weighted by atomic mass is 79.9. The zero-order valence-electron chi connectivity index (χ0n) is 16.5. The van der Waals surface area contributed by atoms with Gasteiger partial charge in [0.1, 0.15) is 5.75 Å². The summed E-state index contributed by atoms with van der Waals surface area (Å²) in [6.45, 7) is 1.02. The molecule has 1 aliphatic rings. The lowest BCUT2D eigenvalue weighted by Crippen LogP contribution is -2.25. The Hall–Kier alpha value is -1.54. The number of rotatable bonds is 10. The Morgan fingerprint density at radius 1 is 1.17 bits per heavy atom. The molecule has 0 saturated heterocycles. The van der Waals surface area contributed by atoms with Crippen LogP contribution < -0.4 is 9.46 Å². The quantitative estimate of drug-likeness (QED) is 0.287. The predicted molar refractivity (Wildman–Crippen MR) is 124 cm³/mol. The minimum Gasteiger partial charge on any atom is -0.493 e. The minimum absolute atomic E-state index is 0.246. The number of ether oxygens (including phenoxy) is 1. The summed E-state index contributed by atoms with van der Waals surface area (Å²) in [5.41, 5.74) is 2.41. The van der Waals surface area contributed by atoms with E-state index in [-0.39, 0.29) is 10.3 Å². The number of aryl methyl sites for hydroxylation is 1. The predicted octanol–water partition coefficient (Wildman–Crippen LogP) is 5.29. The first-order valence-corrected chi connectivity index (χ1v) is 12.9. The van der Waals surface area contributed by atoms with Gasteiger partial charge in [-0.3, -0.25) is 0 Å². The van der Waals surface area contributed by atoms with Gasteiger partial charge in [-0.15, -0.1) is 0 Å². The highest BCUT2D eigenvalue weighted by Gasteiger charge is 2.42. The molecule has 0 amide bonds. The second-order valence-electron chi connectivity index (χ2n) is 7.90. The molecule has 30 heavy (non-hydrogen) atoms. The Morgan fingerprint density at radius 2 is 1.93 bits per heavy atom. The number of alkyl halides is 1. The number of sulfonamides is 1. The molecule has 0 bridgehead atoms. The number of halogens is 2. The third-order valence-corrected chi connectivity index (χ3v) is 8.47. The number of fused-ring (bicyclic) bond motifs is 1. The summed E-state index contributed by atoms with van der Waals surface area (Å²) >= 11 is 9.61. The molecule has 1 fully saturated rings. The standard InChI is InChI=1S/C22H24BrClN2O3S/c23-14-22(9-10-22)15-29-18-4-6-19(7-5-18)30(27,28)26-11-1-2-16-13-25-21-8-3-17(24)12-20(16)21/h3-8,12-13,25-26H,1-2,9-11,14-15H2. The number of nitrogens with one attached hydrogen (secondary N) is 2. The molecule has 160 valence electrons. The van der Waals surface area contributed by atoms with E-state index in [1.165, 1.54) is 12.8 Å². The van der Waals surface area contributed by atoms with Gasteiger partial charge >= 0.3 is 0 Å². The number of benzene rings is 2. The lowest BCUT2D eigenvalue weighted by molar-refractivity contribution is 0.251. The normalized spacial score (nSPS) is 15.4. The Labute approximate surface area is 190 Å². The average Bonchev–Trinajstić information content (AvgIpc) is 3.43. The molecule has 0 radical (unpaired) electrons. The van der Waals surface area contributed by atoms with E-state index in [4.69, 9.17) is 16.3 Å². The van der Waals surface area contributed by atoms with Crippen molar-refractivity contribution in [3.8, 4) is 5.75 Å². The van der Waals surface area contributed by atoms with E-state index in [0.717, 1.165) is 28.2 Å². The fraction of sp³-hybridized carbons (Fsp3) is 0.364. The van der Waals surface area contributed by atoms with Crippen LogP contribution in [0.2, 0.25) is 5.02 Å². The van der Waals surface area contributed by atoms with E-state index >= 15 is 0 Å². The number of H-pyrrole nitrogens is 1. The maximum absolute atomic E-state index is 12.6. The second-order valence-corrected chi connectivity index (χ2v) is 10.7. The molecule has 0 unspecified atom stereocenters. The average molecular weight is 512 g/mol. The van der Waals surface area contributed by atoms with Crippen molar-refractivity contribution in [2.45, 2.75) is 30.6 Å². The Morgan fingerprint density at radius 3 is 2.63 bits per heavy atom. The van der Waals surface area contributed by atoms with Gasteiger partial charge in [0.25, 0.3) is 0 Å². The summed E-state index contributed by atoms with van der Waals surface area (Å²) in [4.78, 5) is 3.46. The van der Waals surface area contributed by atoms with E-state index in [0.29, 0.717) is 30.3 Å². The van der Waals surface area contributed by atoms with Crippen LogP contribution in [-0.2, 0) is 16.4 Å². The fourth-order valence-corrected chi connectivity index (χ4v) is 5.34. The lowest BCUT2D eigenvalue weighted by Gasteiger charge is -2.13. The minimum atomic E-state index is -3.54. The summed E-state index contributed by atoms with van der Waals surface area (Å²) in [5, 5.41) is 2.70. The van der Waals surface area contributed by atoms with Gasteiger partial charge in [-0.25, -0.2) is 13.1 Å². The maximum Gasteiger partial charge on any atom is 0.240 e. The summed E-state index contributed by atoms with van der Waals surface area (Å²) in [6, 6.07) is 12.3. The van der Waals surface area contributed by atoms with Gasteiger partial charge in [0.05, 0.1) is 11.5 Å². The summed E-state index contributed by atoms with van der Waals surface area (Å²) in [7, 11) is -3.54. The maximum atomic E-state index is 12.6. The fourth-order valence-electron chi connectivity index (χ4n) is 3.37. The Kier molecular flexibility index (Phi) is 6.44. The molecule has 8 heteroatoms. The van der Waals surface area contributed by atoms with Gasteiger partial charge in [0, 0.05) is 39.4 Å². The van der Waals surface area contributed by atoms with Crippen LogP contribution in [0.15, 0.2) is 53.6 Å². The van der Waals surface area contributed by atoms with Crippen molar-refractivity contribution in [2.75, 3.05) is 18.5 Å². The van der Waals surface area contributed by atoms with Gasteiger partial charge in [0.15, 0.2) is 0 Å². The van der Waals surface area contributed by atoms with Crippen molar-refractivity contribution in [1.29, 1.82) is 0 Å². The molecule has 1 aromatic heterocycles. The van der Waals surface area contributed by atoms with Crippen molar-refractivity contribution < 1.29 is 13.2 Å². The van der Waals surface area contributed by atoms with E-state index in [1.807, 2.05) is 24.4 Å². The number of hydrogen-bond donors (Lipinski definition) is 2. The van der Waals surface area contributed by atoms with Crippen LogP contribution in [0.5, 0.6) is 5.75 Å². The topological polar surface area (TPSA) is 71.2 Å². The highest BCUT2D eigenvalue weighted by Crippen LogP contribution is 2.47. The lowest BCUT2D eigenvalue weighted by atomic mass is 10.1. The highest BCUT2D eigenvalue weighted by molar-refractivity contribution is 9.09. The van der Waals surface area contributed by atoms with Gasteiger partial charge in [0.2, 0.25) is 10.0 Å². The molecule has 0 aliphatic heterocycles. The molecule has 0 atom stereocenters. The van der Waals surface area contributed by atoms with Crippen molar-refractivity contribution >= 4 is 48.5 Å². The zero-order chi connectivity index (χ0) is 21.2. The summed E-state index contributed by atoms with van der Waals surface area (Å²) < 4.78 is 33.6. The van der Waals surface area contributed by atoms with Gasteiger partial charge in [-0.2, -0.15) is 0 Å². The molecule has 4 rings (SSSR count). The van der Waals surface area contributed by atoms with Crippen LogP contribution in [0.25, 0.3) is 10.9 Å². The molecule has 2 N–H and O–H groups in total. The number of aromatic amines is 1. The first-order chi connectivity index (χ1) is 14.4. The van der Waals surface area contributed by atoms with Crippen LogP contribution >= 0.6 is 27.5 Å². The molecule has 1 saturated carbocycles. The molecular weight excluding hydrogens is 488 g/mol. The summed E-state index contributed by atoms with van der Waals surface area (Å²) in [6.07, 6.45) is 5.73. The molecule has 1 heterocycles. The number of hydrogen-bond acceptors (Lipinski definition) is 3. The van der Waals surface area contributed by atoms with Crippen molar-refractivity contribution in [2.24, 2.45) is 5.41 Å². The van der Waals surface area contributed by atoms with Gasteiger partial charge in [-0.05, 0) is 73.7 Å². The second kappa shape index (κ2) is 8.91. The van der Waals surface area contributed by atoms with E-state index < -0.39 is 10.0 Å². The molecule has 0 spiro atoms. The largest absolute Gasteiger partial charge is 0.493 e. The molecule has 1 aliphatic carbocycles. The Balaban J connectivity index is 1.29. The molecular formula is C22H24BrClN2O3S. The van der Waals surface area contributed by atoms with Crippen molar-refractivity contribution in [3.63, 3.8) is 0 Å². The number of aromatic nitrogens is 1. The third-order valence-electron chi connectivity index (χ3n) is 5.56. The van der Waals surface area contributed by atoms with E-state index in [2.05, 4.69) is 25.6 Å². The first-order valence-electron chi connectivity index (χ1n) is 9.95. The van der Waals surface area contributed by atoms with Crippen LogP contribution in [0, 0.1) is 5.41 Å². The van der Waals surface area contributed by atoms with Crippen LogP contribution in [-0.4, -0.2) is 31.9 Å². The van der Waals surface area contributed by atoms with E-state index in [1.54, 1.807) is 24.3 Å². The van der Waals surface area contributed by atoms with E-state index in [9.17, 15) is 8.42 Å². The van der Waals surface area contributed by atoms with Crippen molar-refractivity contribution in [3.05, 3.63) is 59.2 Å². The van der Waals surface area contributed by atoms with Gasteiger partial charge < -0.3 is 9.72 Å². The molecule has 2 aromatic carbocycles. The first kappa shape index (κ1) is 21.7. The van der Waals surface area contributed by atoms with Gasteiger partial charge in [-0.1, -0.05) is 27.5 Å². The van der Waals surface area contributed by atoms with Crippen LogP contribution in [0.3, 0.4) is 0 Å². The SMILES string of the molecule is O=S(=O)(NCCCc1c[nH]c2ccc(Cl)cc12)c1ccc(OCC2(CBr)CC2)cc1. The molecule has 3 aromatic rings. The van der Waals surface area contributed by atoms with Crippen molar-refractivity contribution in [1.82, 2.24) is 9.71 Å². The smallest absolute Gasteiger partial charge is 0.240 e. The monoisotopic (exact) mass is 510 g/mol. The zero-order valence-corrected chi connectivity index (χ0v) is 19.6. The molecule has 5 nitrogen and oxygen atoms in total. The third kappa shape index (κ3) is 5.02. The van der Waals surface area contributed by atoms with Crippen LogP contribution in [0.4, 0.5) is 0 Å².